The van der Waals surface area contributed by atoms with Gasteiger partial charge in [-0.3, -0.25) is 18.7 Å². The number of amides is 1. The zero-order valence-corrected chi connectivity index (χ0v) is 17.9. The van der Waals surface area contributed by atoms with Crippen molar-refractivity contribution in [1.82, 2.24) is 19.3 Å². The van der Waals surface area contributed by atoms with Gasteiger partial charge in [-0.15, -0.1) is 0 Å². The summed E-state index contributed by atoms with van der Waals surface area (Å²) in [6, 6.07) is 5.55. The number of benzene rings is 1. The van der Waals surface area contributed by atoms with Crippen molar-refractivity contribution >= 4 is 11.6 Å². The third-order valence-corrected chi connectivity index (χ3v) is 5.67. The number of carbonyl (C=O) groups is 1. The Balaban J connectivity index is 1.74. The zero-order chi connectivity index (χ0) is 22.1. The highest BCUT2D eigenvalue weighted by molar-refractivity contribution is 5.90. The summed E-state index contributed by atoms with van der Waals surface area (Å²) in [6.45, 7) is 5.90. The molecular formula is C22H25N5O4. The van der Waals surface area contributed by atoms with Crippen LogP contribution >= 0.6 is 0 Å². The summed E-state index contributed by atoms with van der Waals surface area (Å²) in [4.78, 5) is 43.3. The van der Waals surface area contributed by atoms with Crippen molar-refractivity contribution in [2.24, 2.45) is 0 Å². The van der Waals surface area contributed by atoms with Crippen molar-refractivity contribution in [2.75, 3.05) is 5.32 Å². The van der Waals surface area contributed by atoms with Crippen LogP contribution in [0.3, 0.4) is 0 Å². The Morgan fingerprint density at radius 3 is 2.71 bits per heavy atom. The van der Waals surface area contributed by atoms with Crippen LogP contribution in [0.2, 0.25) is 0 Å². The predicted molar refractivity (Wildman–Crippen MR) is 115 cm³/mol. The highest BCUT2D eigenvalue weighted by Crippen LogP contribution is 2.22. The molecule has 0 radical (unpaired) electrons. The van der Waals surface area contributed by atoms with Gasteiger partial charge in [-0.25, -0.2) is 4.79 Å². The number of nitrogens with one attached hydrogen (secondary N) is 1. The van der Waals surface area contributed by atoms with Gasteiger partial charge in [-0.1, -0.05) is 18.1 Å². The lowest BCUT2D eigenvalue weighted by atomic mass is 10.0. The molecule has 0 atom stereocenters. The van der Waals surface area contributed by atoms with Crippen molar-refractivity contribution in [1.29, 1.82) is 0 Å². The van der Waals surface area contributed by atoms with Crippen molar-refractivity contribution in [3.05, 3.63) is 61.7 Å². The first-order valence-corrected chi connectivity index (χ1v) is 10.5. The molecule has 0 unspecified atom stereocenters. The van der Waals surface area contributed by atoms with Gasteiger partial charge in [0.05, 0.1) is 0 Å². The Morgan fingerprint density at radius 2 is 2.00 bits per heavy atom. The maximum Gasteiger partial charge on any atom is 0.331 e. The molecule has 9 heteroatoms. The van der Waals surface area contributed by atoms with Crippen LogP contribution in [0.25, 0.3) is 11.4 Å². The van der Waals surface area contributed by atoms with Crippen LogP contribution in [-0.2, 0) is 30.7 Å². The van der Waals surface area contributed by atoms with Crippen LogP contribution in [0.4, 0.5) is 5.69 Å². The van der Waals surface area contributed by atoms with Gasteiger partial charge in [-0.2, -0.15) is 4.98 Å². The smallest absolute Gasteiger partial charge is 0.331 e. The molecule has 1 aliphatic heterocycles. The summed E-state index contributed by atoms with van der Waals surface area (Å²) in [5.41, 5.74) is 2.55. The highest BCUT2D eigenvalue weighted by Gasteiger charge is 2.26. The summed E-state index contributed by atoms with van der Waals surface area (Å²) in [7, 11) is 0. The van der Waals surface area contributed by atoms with Gasteiger partial charge in [0.1, 0.15) is 12.1 Å². The van der Waals surface area contributed by atoms with Crippen molar-refractivity contribution in [3.63, 3.8) is 0 Å². The van der Waals surface area contributed by atoms with Gasteiger partial charge in [-0.05, 0) is 56.4 Å². The van der Waals surface area contributed by atoms with E-state index >= 15 is 0 Å². The molecule has 1 aliphatic rings. The largest absolute Gasteiger partial charge is 0.339 e. The molecule has 0 bridgehead atoms. The van der Waals surface area contributed by atoms with Crippen LogP contribution in [0.1, 0.15) is 42.5 Å². The Hall–Kier alpha value is -3.49. The summed E-state index contributed by atoms with van der Waals surface area (Å²) in [5, 5.41) is 6.72. The molecule has 3 heterocycles. The Labute approximate surface area is 178 Å². The second-order valence-corrected chi connectivity index (χ2v) is 7.82. The van der Waals surface area contributed by atoms with Crippen molar-refractivity contribution in [2.45, 2.75) is 59.5 Å². The third kappa shape index (κ3) is 3.95. The Bertz CT molecular complexity index is 1270. The van der Waals surface area contributed by atoms with E-state index in [4.69, 9.17) is 4.52 Å². The maximum absolute atomic E-state index is 13.3. The van der Waals surface area contributed by atoms with Crippen LogP contribution in [0, 0.1) is 13.8 Å². The highest BCUT2D eigenvalue weighted by atomic mass is 16.5. The van der Waals surface area contributed by atoms with E-state index in [-0.39, 0.29) is 11.4 Å². The fraction of sp³-hybridized carbons (Fsp3) is 0.409. The van der Waals surface area contributed by atoms with Gasteiger partial charge in [0, 0.05) is 24.3 Å². The van der Waals surface area contributed by atoms with E-state index in [2.05, 4.69) is 15.5 Å². The van der Waals surface area contributed by atoms with Gasteiger partial charge in [0.2, 0.25) is 17.6 Å². The first-order chi connectivity index (χ1) is 14.9. The predicted octanol–water partition coefficient (Wildman–Crippen LogP) is 2.21. The van der Waals surface area contributed by atoms with E-state index in [1.807, 2.05) is 32.9 Å². The third-order valence-electron chi connectivity index (χ3n) is 5.67. The molecule has 0 fully saturated rings. The van der Waals surface area contributed by atoms with Gasteiger partial charge < -0.3 is 9.84 Å². The van der Waals surface area contributed by atoms with Crippen LogP contribution in [0.5, 0.6) is 0 Å². The standard InChI is InChI=1S/C22H25N5O4/c1-4-18-24-20(25-31-18)19-16-7-5-6-10-26(16)22(30)27(21(19)29)12-17(28)23-15-9-8-13(2)14(3)11-15/h8-9,11H,4-7,10,12H2,1-3H3,(H,23,28). The van der Waals surface area contributed by atoms with Crippen molar-refractivity contribution in [3.8, 4) is 11.4 Å². The second-order valence-electron chi connectivity index (χ2n) is 7.82. The summed E-state index contributed by atoms with van der Waals surface area (Å²) in [6.07, 6.45) is 2.80. The summed E-state index contributed by atoms with van der Waals surface area (Å²) >= 11 is 0. The van der Waals surface area contributed by atoms with Gasteiger partial charge in [0.25, 0.3) is 5.56 Å². The lowest BCUT2D eigenvalue weighted by molar-refractivity contribution is -0.116. The van der Waals surface area contributed by atoms with Gasteiger partial charge in [0.15, 0.2) is 0 Å². The fourth-order valence-corrected chi connectivity index (χ4v) is 3.82. The van der Waals surface area contributed by atoms with E-state index in [1.54, 1.807) is 10.6 Å². The molecule has 1 aromatic carbocycles. The first kappa shape index (κ1) is 20.8. The van der Waals surface area contributed by atoms with Crippen LogP contribution in [0.15, 0.2) is 32.3 Å². The van der Waals surface area contributed by atoms with Crippen molar-refractivity contribution < 1.29 is 9.32 Å². The molecule has 0 saturated carbocycles. The second kappa shape index (κ2) is 8.33. The molecule has 0 aliphatic carbocycles. The zero-order valence-electron chi connectivity index (χ0n) is 17.9. The van der Waals surface area contributed by atoms with E-state index in [0.717, 1.165) is 28.5 Å². The summed E-state index contributed by atoms with van der Waals surface area (Å²) in [5.74, 6) is 0.122. The molecule has 1 amide bonds. The number of carbonyl (C=O) groups excluding carboxylic acids is 1. The Kier molecular flexibility index (Phi) is 5.58. The molecule has 3 aromatic rings. The number of anilines is 1. The van der Waals surface area contributed by atoms with Gasteiger partial charge >= 0.3 is 5.69 Å². The lowest BCUT2D eigenvalue weighted by Crippen LogP contribution is -2.45. The molecule has 2 aromatic heterocycles. The minimum absolute atomic E-state index is 0.163. The average Bonchev–Trinajstić information content (AvgIpc) is 3.23. The number of aromatic nitrogens is 4. The number of nitrogens with zero attached hydrogens (tertiary/aromatic N) is 4. The normalized spacial score (nSPS) is 13.1. The first-order valence-electron chi connectivity index (χ1n) is 10.5. The molecule has 162 valence electrons. The van der Waals surface area contributed by atoms with E-state index in [9.17, 15) is 14.4 Å². The number of rotatable bonds is 5. The van der Waals surface area contributed by atoms with E-state index < -0.39 is 23.7 Å². The quantitative estimate of drug-likeness (QED) is 0.673. The number of hydrogen-bond acceptors (Lipinski definition) is 6. The number of fused-ring (bicyclic) bond motifs is 1. The van der Waals surface area contributed by atoms with Crippen LogP contribution < -0.4 is 16.6 Å². The Morgan fingerprint density at radius 1 is 1.19 bits per heavy atom. The molecular weight excluding hydrogens is 398 g/mol. The SMILES string of the molecule is CCc1nc(-c2c3n(c(=O)n(CC(=O)Nc4ccc(C)c(C)c4)c2=O)CCCC3)no1. The number of aryl methyl sites for hydroxylation is 3. The topological polar surface area (TPSA) is 112 Å². The molecule has 4 rings (SSSR count). The monoisotopic (exact) mass is 423 g/mol. The van der Waals surface area contributed by atoms with E-state index in [0.29, 0.717) is 36.7 Å². The summed E-state index contributed by atoms with van der Waals surface area (Å²) < 4.78 is 7.71. The molecule has 31 heavy (non-hydrogen) atoms. The average molecular weight is 423 g/mol. The van der Waals surface area contributed by atoms with E-state index in [1.165, 1.54) is 0 Å². The minimum Gasteiger partial charge on any atom is -0.339 e. The minimum atomic E-state index is -0.572. The molecule has 0 spiro atoms. The van der Waals surface area contributed by atoms with Crippen LogP contribution in [-0.4, -0.2) is 25.2 Å². The molecule has 0 saturated heterocycles. The molecule has 9 nitrogen and oxygen atoms in total. The lowest BCUT2D eigenvalue weighted by Gasteiger charge is -2.21. The fourth-order valence-electron chi connectivity index (χ4n) is 3.82. The maximum atomic E-state index is 13.3. The molecule has 1 N–H and O–H groups in total. The number of hydrogen-bond donors (Lipinski definition) is 1.